The Hall–Kier alpha value is -2.34. The molecule has 1 N–H and O–H groups in total. The molecule has 0 atom stereocenters. The van der Waals surface area contributed by atoms with Gasteiger partial charge in [0.15, 0.2) is 5.89 Å². The summed E-state index contributed by atoms with van der Waals surface area (Å²) in [5.41, 5.74) is 0.424. The molecular formula is C19H26N2O4. The molecule has 6 heteroatoms. The van der Waals surface area contributed by atoms with E-state index in [0.29, 0.717) is 36.9 Å². The highest BCUT2D eigenvalue weighted by atomic mass is 16.6. The Morgan fingerprint density at radius 1 is 1.32 bits per heavy atom. The summed E-state index contributed by atoms with van der Waals surface area (Å²) in [6, 6.07) is 9.57. The Kier molecular flexibility index (Phi) is 6.20. The van der Waals surface area contributed by atoms with Crippen LogP contribution in [0.3, 0.4) is 0 Å². The summed E-state index contributed by atoms with van der Waals surface area (Å²) >= 11 is 0. The number of carbonyl (C=O) groups excluding carboxylic acids is 1. The van der Waals surface area contributed by atoms with Gasteiger partial charge in [-0.25, -0.2) is 9.78 Å². The highest BCUT2D eigenvalue weighted by Gasteiger charge is 2.25. The molecule has 6 nitrogen and oxygen atoms in total. The van der Waals surface area contributed by atoms with Crippen LogP contribution in [0.4, 0.5) is 4.79 Å². The number of amides is 1. The van der Waals surface area contributed by atoms with Crippen LogP contribution in [0.1, 0.15) is 43.7 Å². The van der Waals surface area contributed by atoms with Gasteiger partial charge in [0.25, 0.3) is 0 Å². The van der Waals surface area contributed by atoms with Crippen LogP contribution in [0.25, 0.3) is 0 Å². The number of oxazole rings is 1. The van der Waals surface area contributed by atoms with Gasteiger partial charge in [-0.3, -0.25) is 0 Å². The molecule has 2 aromatic rings. The molecule has 0 spiro atoms. The molecule has 0 unspecified atom stereocenters. The Morgan fingerprint density at radius 2 is 2.00 bits per heavy atom. The number of nitrogens with zero attached hydrogens (tertiary/aromatic N) is 2. The lowest BCUT2D eigenvalue weighted by Crippen LogP contribution is -2.33. The lowest BCUT2D eigenvalue weighted by atomic mass is 10.0. The van der Waals surface area contributed by atoms with Crippen molar-refractivity contribution in [3.8, 4) is 0 Å². The van der Waals surface area contributed by atoms with Crippen molar-refractivity contribution in [3.05, 3.63) is 53.2 Å². The quantitative estimate of drug-likeness (QED) is 0.831. The molecule has 0 fully saturated rings. The summed E-state index contributed by atoms with van der Waals surface area (Å²) in [5.74, 6) is 1.10. The summed E-state index contributed by atoms with van der Waals surface area (Å²) < 4.78 is 10.9. The van der Waals surface area contributed by atoms with Gasteiger partial charge in [0.1, 0.15) is 23.7 Å². The zero-order valence-electron chi connectivity index (χ0n) is 15.3. The summed E-state index contributed by atoms with van der Waals surface area (Å²) in [4.78, 5) is 18.2. The van der Waals surface area contributed by atoms with Crippen LogP contribution in [-0.4, -0.2) is 34.2 Å². The predicted molar refractivity (Wildman–Crippen MR) is 94.1 cm³/mol. The van der Waals surface area contributed by atoms with Crippen LogP contribution in [-0.2, 0) is 23.4 Å². The van der Waals surface area contributed by atoms with Crippen molar-refractivity contribution in [2.75, 3.05) is 13.1 Å². The first-order valence-electron chi connectivity index (χ1n) is 8.46. The second kappa shape index (κ2) is 8.16. The van der Waals surface area contributed by atoms with Gasteiger partial charge in [0.05, 0.1) is 0 Å². The maximum absolute atomic E-state index is 12.2. The Labute approximate surface area is 148 Å². The van der Waals surface area contributed by atoms with Crippen molar-refractivity contribution in [1.29, 1.82) is 0 Å². The van der Waals surface area contributed by atoms with Crippen LogP contribution in [0.5, 0.6) is 0 Å². The third-order valence-electron chi connectivity index (χ3n) is 3.86. The number of aromatic nitrogens is 1. The third kappa shape index (κ3) is 5.32. The Balaban J connectivity index is 1.90. The van der Waals surface area contributed by atoms with E-state index in [1.165, 1.54) is 0 Å². The average molecular weight is 346 g/mol. The fourth-order valence-corrected chi connectivity index (χ4v) is 2.55. The number of hydrogen-bond donors (Lipinski definition) is 1. The van der Waals surface area contributed by atoms with Crippen LogP contribution >= 0.6 is 0 Å². The SMILES string of the molecule is CCN(CCc1nc(C(C)(C)O)c(C)o1)C(=O)OCc1ccccc1. The molecule has 1 aromatic carbocycles. The maximum atomic E-state index is 12.2. The van der Waals surface area contributed by atoms with E-state index in [1.54, 1.807) is 25.7 Å². The highest BCUT2D eigenvalue weighted by molar-refractivity contribution is 5.67. The molecule has 1 aromatic heterocycles. The molecule has 0 saturated heterocycles. The first-order chi connectivity index (χ1) is 11.8. The predicted octanol–water partition coefficient (Wildman–Crippen LogP) is 3.41. The Bertz CT molecular complexity index is 689. The summed E-state index contributed by atoms with van der Waals surface area (Å²) in [6.07, 6.45) is 0.0999. The van der Waals surface area contributed by atoms with Crippen molar-refractivity contribution in [3.63, 3.8) is 0 Å². The van der Waals surface area contributed by atoms with Gasteiger partial charge in [-0.15, -0.1) is 0 Å². The second-order valence-electron chi connectivity index (χ2n) is 6.44. The van der Waals surface area contributed by atoms with E-state index < -0.39 is 5.60 Å². The lowest BCUT2D eigenvalue weighted by Gasteiger charge is -2.19. The van der Waals surface area contributed by atoms with E-state index in [1.807, 2.05) is 37.3 Å². The zero-order chi connectivity index (χ0) is 18.4. The van der Waals surface area contributed by atoms with E-state index in [-0.39, 0.29) is 12.7 Å². The first-order valence-corrected chi connectivity index (χ1v) is 8.46. The number of aryl methyl sites for hydroxylation is 1. The lowest BCUT2D eigenvalue weighted by molar-refractivity contribution is 0.0727. The second-order valence-corrected chi connectivity index (χ2v) is 6.44. The summed E-state index contributed by atoms with van der Waals surface area (Å²) in [6.45, 7) is 8.22. The number of ether oxygens (including phenoxy) is 1. The molecule has 0 radical (unpaired) electrons. The maximum Gasteiger partial charge on any atom is 0.410 e. The number of benzene rings is 1. The summed E-state index contributed by atoms with van der Waals surface area (Å²) in [5, 5.41) is 10.1. The van der Waals surface area contributed by atoms with Gasteiger partial charge in [0, 0.05) is 19.5 Å². The minimum Gasteiger partial charge on any atom is -0.446 e. The monoisotopic (exact) mass is 346 g/mol. The highest BCUT2D eigenvalue weighted by Crippen LogP contribution is 2.23. The van der Waals surface area contributed by atoms with Crippen LogP contribution < -0.4 is 0 Å². The summed E-state index contributed by atoms with van der Waals surface area (Å²) in [7, 11) is 0. The van der Waals surface area contributed by atoms with Gasteiger partial charge in [-0.05, 0) is 33.3 Å². The van der Waals surface area contributed by atoms with Crippen molar-refractivity contribution < 1.29 is 19.1 Å². The topological polar surface area (TPSA) is 75.8 Å². The molecule has 1 amide bonds. The van der Waals surface area contributed by atoms with Crippen molar-refractivity contribution in [2.45, 2.75) is 46.3 Å². The molecule has 1 heterocycles. The van der Waals surface area contributed by atoms with Gasteiger partial charge >= 0.3 is 6.09 Å². The van der Waals surface area contributed by atoms with Crippen molar-refractivity contribution >= 4 is 6.09 Å². The number of hydrogen-bond acceptors (Lipinski definition) is 5. The molecule has 0 aliphatic rings. The minimum atomic E-state index is -1.05. The first kappa shape index (κ1) is 19.0. The average Bonchev–Trinajstić information content (AvgIpc) is 2.95. The number of likely N-dealkylation sites (N-methyl/N-ethyl adjacent to an activating group) is 1. The number of rotatable bonds is 7. The minimum absolute atomic E-state index is 0.247. The largest absolute Gasteiger partial charge is 0.446 e. The van der Waals surface area contributed by atoms with E-state index in [2.05, 4.69) is 4.98 Å². The Morgan fingerprint density at radius 3 is 2.56 bits per heavy atom. The third-order valence-corrected chi connectivity index (χ3v) is 3.86. The van der Waals surface area contributed by atoms with Gasteiger partial charge < -0.3 is 19.2 Å². The van der Waals surface area contributed by atoms with E-state index in [9.17, 15) is 9.90 Å². The molecule has 0 bridgehead atoms. The molecule has 0 aliphatic carbocycles. The van der Waals surface area contributed by atoms with Gasteiger partial charge in [-0.1, -0.05) is 30.3 Å². The molecule has 25 heavy (non-hydrogen) atoms. The van der Waals surface area contributed by atoms with E-state index in [0.717, 1.165) is 5.56 Å². The fourth-order valence-electron chi connectivity index (χ4n) is 2.55. The smallest absolute Gasteiger partial charge is 0.410 e. The van der Waals surface area contributed by atoms with Gasteiger partial charge in [-0.2, -0.15) is 0 Å². The molecule has 2 rings (SSSR count). The molecule has 136 valence electrons. The van der Waals surface area contributed by atoms with Crippen LogP contribution in [0.15, 0.2) is 34.7 Å². The zero-order valence-corrected chi connectivity index (χ0v) is 15.3. The van der Waals surface area contributed by atoms with E-state index in [4.69, 9.17) is 9.15 Å². The van der Waals surface area contributed by atoms with Crippen molar-refractivity contribution in [1.82, 2.24) is 9.88 Å². The van der Waals surface area contributed by atoms with E-state index >= 15 is 0 Å². The number of carbonyl (C=O) groups is 1. The standard InChI is InChI=1S/C19H26N2O4/c1-5-21(18(22)24-13-15-9-7-6-8-10-15)12-11-16-20-17(14(2)25-16)19(3,4)23/h6-10,23H,5,11-13H2,1-4H3. The fraction of sp³-hybridized carbons (Fsp3) is 0.474. The number of aliphatic hydroxyl groups is 1. The molecular weight excluding hydrogens is 320 g/mol. The van der Waals surface area contributed by atoms with Crippen molar-refractivity contribution in [2.24, 2.45) is 0 Å². The normalized spacial score (nSPS) is 11.4. The molecule has 0 saturated carbocycles. The van der Waals surface area contributed by atoms with Crippen LogP contribution in [0.2, 0.25) is 0 Å². The van der Waals surface area contributed by atoms with Crippen LogP contribution in [0, 0.1) is 6.92 Å². The van der Waals surface area contributed by atoms with Gasteiger partial charge in [0.2, 0.25) is 0 Å². The molecule has 0 aliphatic heterocycles.